The third kappa shape index (κ3) is 10.2. The first-order valence-corrected chi connectivity index (χ1v) is 14.7. The Hall–Kier alpha value is -1.63. The number of hydrogen-bond acceptors (Lipinski definition) is 7. The topological polar surface area (TPSA) is 99.1 Å². The molecule has 0 aromatic carbocycles. The summed E-state index contributed by atoms with van der Waals surface area (Å²) in [5, 5.41) is 12.5. The number of ether oxygens (including phenoxy) is 3. The summed E-state index contributed by atoms with van der Waals surface area (Å²) in [5.41, 5.74) is -2.40. The molecule has 218 valence electrons. The van der Waals surface area contributed by atoms with E-state index in [4.69, 9.17) is 14.2 Å². The Bertz CT molecular complexity index is 612. The number of methoxy groups -OCH3 is 2. The number of rotatable bonds is 21. The van der Waals surface area contributed by atoms with Gasteiger partial charge in [0.1, 0.15) is 11.8 Å². The standard InChI is InChI=1S/C30H56O7/c1-9-15-18-22(12-4)21-37-29(33)30(34,25(27(31)35-7)23(13-5)19-16-10-2)26(28(32)36-8)24(14-6)20-17-11-3/h22-26,34H,9-21H2,1-8H3. The van der Waals surface area contributed by atoms with E-state index in [0.29, 0.717) is 25.7 Å². The van der Waals surface area contributed by atoms with Crippen LogP contribution in [0.1, 0.15) is 119 Å². The first-order valence-electron chi connectivity index (χ1n) is 14.7. The van der Waals surface area contributed by atoms with Crippen molar-refractivity contribution in [3.63, 3.8) is 0 Å². The predicted molar refractivity (Wildman–Crippen MR) is 147 cm³/mol. The van der Waals surface area contributed by atoms with Gasteiger partial charge in [0.25, 0.3) is 0 Å². The van der Waals surface area contributed by atoms with Gasteiger partial charge in [0.15, 0.2) is 5.60 Å². The first-order chi connectivity index (χ1) is 17.7. The Morgan fingerprint density at radius 2 is 1.08 bits per heavy atom. The first kappa shape index (κ1) is 35.4. The molecule has 0 saturated carbocycles. The van der Waals surface area contributed by atoms with Gasteiger partial charge in [-0.2, -0.15) is 0 Å². The van der Waals surface area contributed by atoms with Crippen LogP contribution in [0.4, 0.5) is 0 Å². The van der Waals surface area contributed by atoms with E-state index in [2.05, 4.69) is 20.8 Å². The van der Waals surface area contributed by atoms with Gasteiger partial charge in [-0.05, 0) is 37.0 Å². The lowest BCUT2D eigenvalue weighted by Crippen LogP contribution is -2.62. The number of carbonyl (C=O) groups is 3. The molecule has 7 nitrogen and oxygen atoms in total. The molecular formula is C30H56O7. The quantitative estimate of drug-likeness (QED) is 0.134. The van der Waals surface area contributed by atoms with Crippen LogP contribution >= 0.6 is 0 Å². The van der Waals surface area contributed by atoms with Crippen LogP contribution in [0.5, 0.6) is 0 Å². The second-order valence-corrected chi connectivity index (χ2v) is 10.5. The summed E-state index contributed by atoms with van der Waals surface area (Å²) in [6.07, 6.45) is 9.56. The summed E-state index contributed by atoms with van der Waals surface area (Å²) >= 11 is 0. The molecular weight excluding hydrogens is 472 g/mol. The van der Waals surface area contributed by atoms with E-state index in [-0.39, 0.29) is 24.4 Å². The van der Waals surface area contributed by atoms with Crippen molar-refractivity contribution in [1.29, 1.82) is 0 Å². The molecule has 5 unspecified atom stereocenters. The molecule has 0 heterocycles. The minimum absolute atomic E-state index is 0.136. The highest BCUT2D eigenvalue weighted by Crippen LogP contribution is 2.43. The molecule has 0 aromatic heterocycles. The number of carbonyl (C=O) groups excluding carboxylic acids is 3. The summed E-state index contributed by atoms with van der Waals surface area (Å²) < 4.78 is 16.1. The second-order valence-electron chi connectivity index (χ2n) is 10.5. The van der Waals surface area contributed by atoms with Crippen LogP contribution in [-0.4, -0.2) is 49.4 Å². The molecule has 0 rings (SSSR count). The van der Waals surface area contributed by atoms with Gasteiger partial charge in [0.05, 0.1) is 20.8 Å². The molecule has 5 atom stereocenters. The van der Waals surface area contributed by atoms with Gasteiger partial charge in [0, 0.05) is 0 Å². The maximum atomic E-state index is 14.0. The van der Waals surface area contributed by atoms with E-state index in [1.165, 1.54) is 14.2 Å². The van der Waals surface area contributed by atoms with Crippen molar-refractivity contribution in [2.24, 2.45) is 29.6 Å². The Morgan fingerprint density at radius 1 is 0.676 bits per heavy atom. The van der Waals surface area contributed by atoms with Gasteiger partial charge in [-0.3, -0.25) is 9.59 Å². The zero-order chi connectivity index (χ0) is 28.4. The van der Waals surface area contributed by atoms with Crippen LogP contribution in [0.25, 0.3) is 0 Å². The van der Waals surface area contributed by atoms with Crippen molar-refractivity contribution in [3.8, 4) is 0 Å². The normalized spacial score (nSPS) is 17.1. The number of aliphatic hydroxyl groups is 1. The molecule has 0 aliphatic rings. The van der Waals surface area contributed by atoms with Crippen LogP contribution < -0.4 is 0 Å². The third-order valence-electron chi connectivity index (χ3n) is 8.03. The summed E-state index contributed by atoms with van der Waals surface area (Å²) in [6, 6.07) is 0. The molecule has 0 fully saturated rings. The lowest BCUT2D eigenvalue weighted by atomic mass is 9.64. The van der Waals surface area contributed by atoms with E-state index < -0.39 is 35.3 Å². The second kappa shape index (κ2) is 19.4. The molecule has 0 aliphatic carbocycles. The summed E-state index contributed by atoms with van der Waals surface area (Å²) in [6.45, 7) is 12.3. The number of hydrogen-bond donors (Lipinski definition) is 1. The monoisotopic (exact) mass is 528 g/mol. The van der Waals surface area contributed by atoms with Gasteiger partial charge in [-0.1, -0.05) is 99.3 Å². The maximum absolute atomic E-state index is 14.0. The van der Waals surface area contributed by atoms with Crippen LogP contribution in [0.3, 0.4) is 0 Å². The van der Waals surface area contributed by atoms with E-state index in [1.807, 2.05) is 20.8 Å². The Balaban J connectivity index is 6.86. The van der Waals surface area contributed by atoms with E-state index in [1.54, 1.807) is 0 Å². The minimum atomic E-state index is -2.40. The minimum Gasteiger partial charge on any atom is -0.469 e. The lowest BCUT2D eigenvalue weighted by molar-refractivity contribution is -0.204. The van der Waals surface area contributed by atoms with Crippen LogP contribution in [-0.2, 0) is 28.6 Å². The van der Waals surface area contributed by atoms with Gasteiger partial charge < -0.3 is 19.3 Å². The highest BCUT2D eigenvalue weighted by Gasteiger charge is 2.61. The molecule has 0 aromatic rings. The zero-order valence-electron chi connectivity index (χ0n) is 25.0. The fourth-order valence-corrected chi connectivity index (χ4v) is 5.52. The molecule has 0 aliphatic heterocycles. The highest BCUT2D eigenvalue weighted by atomic mass is 16.6. The largest absolute Gasteiger partial charge is 0.469 e. The van der Waals surface area contributed by atoms with E-state index >= 15 is 0 Å². The number of unbranched alkanes of at least 4 members (excludes halogenated alkanes) is 3. The zero-order valence-corrected chi connectivity index (χ0v) is 25.0. The fourth-order valence-electron chi connectivity index (χ4n) is 5.52. The van der Waals surface area contributed by atoms with Crippen molar-refractivity contribution < 1.29 is 33.7 Å². The predicted octanol–water partition coefficient (Wildman–Crippen LogP) is 6.49. The molecule has 0 saturated heterocycles. The summed E-state index contributed by atoms with van der Waals surface area (Å²) in [5.74, 6) is -5.36. The van der Waals surface area contributed by atoms with Crippen molar-refractivity contribution in [3.05, 3.63) is 0 Å². The third-order valence-corrected chi connectivity index (χ3v) is 8.03. The van der Waals surface area contributed by atoms with Gasteiger partial charge >= 0.3 is 17.9 Å². The average molecular weight is 529 g/mol. The highest BCUT2D eigenvalue weighted by molar-refractivity contribution is 5.93. The Morgan fingerprint density at radius 3 is 1.41 bits per heavy atom. The fraction of sp³-hybridized carbons (Fsp3) is 0.900. The van der Waals surface area contributed by atoms with Crippen molar-refractivity contribution in [1.82, 2.24) is 0 Å². The van der Waals surface area contributed by atoms with E-state index in [0.717, 1.165) is 51.4 Å². The van der Waals surface area contributed by atoms with Gasteiger partial charge in [-0.25, -0.2) is 4.79 Å². The molecule has 0 spiro atoms. The summed E-state index contributed by atoms with van der Waals surface area (Å²) in [7, 11) is 2.51. The molecule has 7 heteroatoms. The van der Waals surface area contributed by atoms with Gasteiger partial charge in [-0.15, -0.1) is 0 Å². The lowest BCUT2D eigenvalue weighted by Gasteiger charge is -2.43. The van der Waals surface area contributed by atoms with Crippen LogP contribution in [0.2, 0.25) is 0 Å². The van der Waals surface area contributed by atoms with Crippen LogP contribution in [0.15, 0.2) is 0 Å². The maximum Gasteiger partial charge on any atom is 0.339 e. The molecule has 1 N–H and O–H groups in total. The SMILES string of the molecule is CCCCC(CC)COC(=O)C(O)(C(C(=O)OC)C(CC)CCCC)C(C(=O)OC)C(CC)CCCC. The van der Waals surface area contributed by atoms with Crippen molar-refractivity contribution >= 4 is 17.9 Å². The van der Waals surface area contributed by atoms with E-state index in [9.17, 15) is 19.5 Å². The van der Waals surface area contributed by atoms with Gasteiger partial charge in [0.2, 0.25) is 0 Å². The van der Waals surface area contributed by atoms with Crippen molar-refractivity contribution in [2.45, 2.75) is 124 Å². The molecule has 0 radical (unpaired) electrons. The smallest absolute Gasteiger partial charge is 0.339 e. The average Bonchev–Trinajstić information content (AvgIpc) is 2.91. The van der Waals surface area contributed by atoms with Crippen LogP contribution in [0, 0.1) is 29.6 Å². The molecule has 0 bridgehead atoms. The Kier molecular flexibility index (Phi) is 18.6. The molecule has 0 amide bonds. The Labute approximate surface area is 226 Å². The molecule has 37 heavy (non-hydrogen) atoms. The number of esters is 3. The van der Waals surface area contributed by atoms with Crippen molar-refractivity contribution in [2.75, 3.05) is 20.8 Å². The summed E-state index contributed by atoms with van der Waals surface area (Å²) in [4.78, 5) is 40.7.